The van der Waals surface area contributed by atoms with Crippen LogP contribution in [0.2, 0.25) is 5.15 Å². The number of carbonyl (C=O) groups excluding carboxylic acids is 1. The third-order valence-electron chi connectivity index (χ3n) is 2.47. The quantitative estimate of drug-likeness (QED) is 0.937. The van der Waals surface area contributed by atoms with Gasteiger partial charge in [-0.05, 0) is 36.8 Å². The molecule has 19 heavy (non-hydrogen) atoms. The molecule has 0 radical (unpaired) electrons. The maximum Gasteiger partial charge on any atom is 0.276 e. The summed E-state index contributed by atoms with van der Waals surface area (Å²) < 4.78 is 5.21. The van der Waals surface area contributed by atoms with Crippen molar-refractivity contribution < 1.29 is 9.53 Å². The van der Waals surface area contributed by atoms with Crippen LogP contribution < -0.4 is 10.1 Å². The molecule has 1 aromatic carbocycles. The van der Waals surface area contributed by atoms with Crippen LogP contribution in [0.5, 0.6) is 5.75 Å². The summed E-state index contributed by atoms with van der Waals surface area (Å²) in [5.41, 5.74) is 1.81. The molecule has 5 nitrogen and oxygen atoms in total. The third kappa shape index (κ3) is 3.20. The second-order valence-corrected chi connectivity index (χ2v) is 4.29. The zero-order valence-electron chi connectivity index (χ0n) is 10.5. The molecule has 1 heterocycles. The molecule has 0 saturated heterocycles. The van der Waals surface area contributed by atoms with Gasteiger partial charge in [0.05, 0.1) is 12.8 Å². The van der Waals surface area contributed by atoms with Gasteiger partial charge in [0.1, 0.15) is 5.75 Å². The van der Waals surface area contributed by atoms with Crippen molar-refractivity contribution in [1.29, 1.82) is 0 Å². The number of carbonyl (C=O) groups is 1. The SMILES string of the molecule is COc1cc(C)ccc1NC(=O)c1ccc(Cl)nn1. The van der Waals surface area contributed by atoms with Gasteiger partial charge in [-0.15, -0.1) is 10.2 Å². The van der Waals surface area contributed by atoms with Crippen LogP contribution in [-0.4, -0.2) is 23.2 Å². The average Bonchev–Trinajstić information content (AvgIpc) is 2.41. The predicted octanol–water partition coefficient (Wildman–Crippen LogP) is 2.70. The van der Waals surface area contributed by atoms with Gasteiger partial charge in [-0.1, -0.05) is 17.7 Å². The molecule has 0 bridgehead atoms. The van der Waals surface area contributed by atoms with E-state index in [9.17, 15) is 4.79 Å². The Morgan fingerprint density at radius 1 is 1.26 bits per heavy atom. The van der Waals surface area contributed by atoms with Crippen LogP contribution in [0.15, 0.2) is 30.3 Å². The van der Waals surface area contributed by atoms with Crippen molar-refractivity contribution in [2.24, 2.45) is 0 Å². The van der Waals surface area contributed by atoms with Gasteiger partial charge in [-0.2, -0.15) is 0 Å². The monoisotopic (exact) mass is 277 g/mol. The van der Waals surface area contributed by atoms with E-state index in [-0.39, 0.29) is 16.8 Å². The second-order valence-electron chi connectivity index (χ2n) is 3.90. The predicted molar refractivity (Wildman–Crippen MR) is 72.7 cm³/mol. The highest BCUT2D eigenvalue weighted by molar-refractivity contribution is 6.29. The Balaban J connectivity index is 2.21. The van der Waals surface area contributed by atoms with E-state index in [0.717, 1.165) is 5.56 Å². The topological polar surface area (TPSA) is 64.1 Å². The first-order valence-electron chi connectivity index (χ1n) is 5.55. The van der Waals surface area contributed by atoms with Crippen LogP contribution in [0.4, 0.5) is 5.69 Å². The number of hydrogen-bond donors (Lipinski definition) is 1. The first kappa shape index (κ1) is 13.3. The van der Waals surface area contributed by atoms with Crippen LogP contribution in [0.3, 0.4) is 0 Å². The standard InChI is InChI=1S/C13H12ClN3O2/c1-8-3-4-9(11(7-8)19-2)15-13(18)10-5-6-12(14)17-16-10/h3-7H,1-2H3,(H,15,18). The number of aryl methyl sites for hydroxylation is 1. The smallest absolute Gasteiger partial charge is 0.276 e. The molecule has 2 rings (SSSR count). The van der Waals surface area contributed by atoms with Crippen molar-refractivity contribution in [3.05, 3.63) is 46.7 Å². The molecule has 1 N–H and O–H groups in total. The lowest BCUT2D eigenvalue weighted by Crippen LogP contribution is -2.14. The Labute approximate surface area is 115 Å². The molecule has 1 amide bonds. The summed E-state index contributed by atoms with van der Waals surface area (Å²) in [6, 6.07) is 8.51. The van der Waals surface area contributed by atoms with E-state index in [1.165, 1.54) is 12.1 Å². The molecule has 98 valence electrons. The highest BCUT2D eigenvalue weighted by Crippen LogP contribution is 2.25. The van der Waals surface area contributed by atoms with Crippen molar-refractivity contribution in [3.8, 4) is 5.75 Å². The number of nitrogens with one attached hydrogen (secondary N) is 1. The molecule has 0 aliphatic rings. The Bertz CT molecular complexity index is 599. The third-order valence-corrected chi connectivity index (χ3v) is 2.67. The van der Waals surface area contributed by atoms with Gasteiger partial charge < -0.3 is 10.1 Å². The fourth-order valence-electron chi connectivity index (χ4n) is 1.53. The van der Waals surface area contributed by atoms with Crippen molar-refractivity contribution in [2.75, 3.05) is 12.4 Å². The Morgan fingerprint density at radius 3 is 2.68 bits per heavy atom. The molecular formula is C13H12ClN3O2. The molecule has 0 aliphatic heterocycles. The van der Waals surface area contributed by atoms with Gasteiger partial charge in [0.15, 0.2) is 10.8 Å². The number of rotatable bonds is 3. The molecule has 6 heteroatoms. The van der Waals surface area contributed by atoms with Crippen molar-refractivity contribution in [2.45, 2.75) is 6.92 Å². The minimum absolute atomic E-state index is 0.187. The number of anilines is 1. The molecular weight excluding hydrogens is 266 g/mol. The van der Waals surface area contributed by atoms with Gasteiger partial charge >= 0.3 is 0 Å². The van der Waals surface area contributed by atoms with Crippen molar-refractivity contribution in [3.63, 3.8) is 0 Å². The average molecular weight is 278 g/mol. The molecule has 1 aromatic heterocycles. The number of benzene rings is 1. The Kier molecular flexibility index (Phi) is 3.97. The van der Waals surface area contributed by atoms with Crippen molar-refractivity contribution in [1.82, 2.24) is 10.2 Å². The van der Waals surface area contributed by atoms with Gasteiger partial charge in [0.2, 0.25) is 0 Å². The summed E-state index contributed by atoms with van der Waals surface area (Å²) in [5, 5.41) is 10.3. The fourth-order valence-corrected chi connectivity index (χ4v) is 1.63. The molecule has 2 aromatic rings. The zero-order chi connectivity index (χ0) is 13.8. The highest BCUT2D eigenvalue weighted by Gasteiger charge is 2.11. The summed E-state index contributed by atoms with van der Waals surface area (Å²) >= 11 is 5.62. The lowest BCUT2D eigenvalue weighted by molar-refractivity contribution is 0.102. The Hall–Kier alpha value is -2.14. The van der Waals surface area contributed by atoms with Crippen LogP contribution in [0, 0.1) is 6.92 Å². The lowest BCUT2D eigenvalue weighted by atomic mass is 10.2. The van der Waals surface area contributed by atoms with E-state index >= 15 is 0 Å². The van der Waals surface area contributed by atoms with Crippen molar-refractivity contribution >= 4 is 23.2 Å². The summed E-state index contributed by atoms with van der Waals surface area (Å²) in [5.74, 6) is 0.224. The maximum absolute atomic E-state index is 12.0. The lowest BCUT2D eigenvalue weighted by Gasteiger charge is -2.10. The van der Waals surface area contributed by atoms with E-state index in [1.807, 2.05) is 19.1 Å². The molecule has 0 aliphatic carbocycles. The molecule has 0 spiro atoms. The zero-order valence-corrected chi connectivity index (χ0v) is 11.2. The number of halogens is 1. The maximum atomic E-state index is 12.0. The minimum atomic E-state index is -0.369. The summed E-state index contributed by atoms with van der Waals surface area (Å²) in [6.45, 7) is 1.94. The van der Waals surface area contributed by atoms with Gasteiger partial charge in [-0.25, -0.2) is 0 Å². The van der Waals surface area contributed by atoms with Crippen LogP contribution in [0.25, 0.3) is 0 Å². The van der Waals surface area contributed by atoms with E-state index in [0.29, 0.717) is 11.4 Å². The minimum Gasteiger partial charge on any atom is -0.495 e. The summed E-state index contributed by atoms with van der Waals surface area (Å²) in [6.07, 6.45) is 0. The van der Waals surface area contributed by atoms with E-state index < -0.39 is 0 Å². The second kappa shape index (κ2) is 5.67. The summed E-state index contributed by atoms with van der Waals surface area (Å²) in [4.78, 5) is 12.0. The van der Waals surface area contributed by atoms with E-state index in [1.54, 1.807) is 13.2 Å². The molecule has 0 atom stereocenters. The number of hydrogen-bond acceptors (Lipinski definition) is 4. The largest absolute Gasteiger partial charge is 0.495 e. The van der Waals surface area contributed by atoms with Crippen LogP contribution >= 0.6 is 11.6 Å². The van der Waals surface area contributed by atoms with Gasteiger partial charge in [-0.3, -0.25) is 4.79 Å². The van der Waals surface area contributed by atoms with Crippen LogP contribution in [0.1, 0.15) is 16.1 Å². The number of methoxy groups -OCH3 is 1. The number of nitrogens with zero attached hydrogens (tertiary/aromatic N) is 2. The van der Waals surface area contributed by atoms with E-state index in [2.05, 4.69) is 15.5 Å². The fraction of sp³-hybridized carbons (Fsp3) is 0.154. The van der Waals surface area contributed by atoms with Gasteiger partial charge in [0.25, 0.3) is 5.91 Å². The van der Waals surface area contributed by atoms with Crippen LogP contribution in [-0.2, 0) is 0 Å². The van der Waals surface area contributed by atoms with Gasteiger partial charge in [0, 0.05) is 0 Å². The number of amides is 1. The number of ether oxygens (including phenoxy) is 1. The Morgan fingerprint density at radius 2 is 2.05 bits per heavy atom. The number of aromatic nitrogens is 2. The van der Waals surface area contributed by atoms with E-state index in [4.69, 9.17) is 16.3 Å². The first-order chi connectivity index (χ1) is 9.10. The first-order valence-corrected chi connectivity index (χ1v) is 5.93. The molecule has 0 saturated carbocycles. The highest BCUT2D eigenvalue weighted by atomic mass is 35.5. The normalized spacial score (nSPS) is 10.1. The summed E-state index contributed by atoms with van der Waals surface area (Å²) in [7, 11) is 1.55. The molecule has 0 unspecified atom stereocenters. The molecule has 0 fully saturated rings.